The van der Waals surface area contributed by atoms with E-state index in [1.54, 1.807) is 0 Å². The van der Waals surface area contributed by atoms with E-state index in [0.717, 1.165) is 33.9 Å². The number of imidazole rings is 1. The molecule has 1 N–H and O–H groups in total. The molecule has 0 atom stereocenters. The van der Waals surface area contributed by atoms with Crippen molar-refractivity contribution in [2.75, 3.05) is 0 Å². The maximum absolute atomic E-state index is 4.96. The van der Waals surface area contributed by atoms with Crippen LogP contribution in [0.15, 0.2) is 72.8 Å². The molecule has 138 valence electrons. The molecule has 28 heavy (non-hydrogen) atoms. The molecular formula is C24H22N4. The molecule has 0 aliphatic heterocycles. The van der Waals surface area contributed by atoms with Crippen molar-refractivity contribution < 1.29 is 0 Å². The smallest absolute Gasteiger partial charge is 0.181 e. The van der Waals surface area contributed by atoms with Gasteiger partial charge in [-0.25, -0.2) is 9.67 Å². The van der Waals surface area contributed by atoms with Crippen LogP contribution in [0.4, 0.5) is 0 Å². The van der Waals surface area contributed by atoms with E-state index < -0.39 is 0 Å². The molecule has 0 unspecified atom stereocenters. The van der Waals surface area contributed by atoms with E-state index in [2.05, 4.69) is 80.4 Å². The van der Waals surface area contributed by atoms with Crippen molar-refractivity contribution in [1.29, 1.82) is 0 Å². The molecule has 4 nitrogen and oxygen atoms in total. The number of hydrogen-bond donors (Lipinski definition) is 1. The normalized spacial score (nSPS) is 12.1. The number of aromatic amines is 1. The van der Waals surface area contributed by atoms with E-state index in [1.165, 1.54) is 10.8 Å². The fraction of sp³-hybridized carbons (Fsp3) is 0.167. The zero-order chi connectivity index (χ0) is 19.3. The topological polar surface area (TPSA) is 46.5 Å². The molecule has 0 saturated carbocycles. The summed E-state index contributed by atoms with van der Waals surface area (Å²) in [5.74, 6) is 0.869. The number of H-pyrrole nitrogens is 1. The predicted molar refractivity (Wildman–Crippen MR) is 115 cm³/mol. The van der Waals surface area contributed by atoms with Crippen molar-refractivity contribution in [2.45, 2.75) is 26.2 Å². The summed E-state index contributed by atoms with van der Waals surface area (Å²) in [6, 6.07) is 25.0. The number of benzene rings is 3. The fourth-order valence-electron chi connectivity index (χ4n) is 3.63. The summed E-state index contributed by atoms with van der Waals surface area (Å²) in [5, 5.41) is 7.37. The highest BCUT2D eigenvalue weighted by molar-refractivity contribution is 5.86. The molecule has 0 amide bonds. The van der Waals surface area contributed by atoms with Crippen LogP contribution in [0.1, 0.15) is 26.5 Å². The first kappa shape index (κ1) is 16.8. The maximum Gasteiger partial charge on any atom is 0.181 e. The van der Waals surface area contributed by atoms with Gasteiger partial charge in [-0.1, -0.05) is 81.4 Å². The van der Waals surface area contributed by atoms with E-state index in [0.29, 0.717) is 0 Å². The van der Waals surface area contributed by atoms with E-state index in [1.807, 2.05) is 22.9 Å². The highest BCUT2D eigenvalue weighted by Crippen LogP contribution is 2.32. The molecule has 0 saturated heterocycles. The Kier molecular flexibility index (Phi) is 3.63. The van der Waals surface area contributed by atoms with Crippen LogP contribution < -0.4 is 0 Å². The van der Waals surface area contributed by atoms with Gasteiger partial charge in [0.25, 0.3) is 0 Å². The van der Waals surface area contributed by atoms with Gasteiger partial charge < -0.3 is 4.98 Å². The molecule has 0 fully saturated rings. The van der Waals surface area contributed by atoms with Crippen molar-refractivity contribution in [3.63, 3.8) is 0 Å². The molecule has 2 aromatic heterocycles. The van der Waals surface area contributed by atoms with Crippen LogP contribution >= 0.6 is 0 Å². The largest absolute Gasteiger partial charge is 0.335 e. The number of aromatic nitrogens is 4. The second kappa shape index (κ2) is 6.06. The lowest BCUT2D eigenvalue weighted by molar-refractivity contribution is 0.563. The number of nitrogens with zero attached hydrogens (tertiary/aromatic N) is 3. The molecule has 5 rings (SSSR count). The minimum absolute atomic E-state index is 0.0964. The van der Waals surface area contributed by atoms with Crippen LogP contribution in [0, 0.1) is 0 Å². The third-order valence-corrected chi connectivity index (χ3v) is 5.06. The average Bonchev–Trinajstić information content (AvgIpc) is 3.27. The second-order valence-corrected chi connectivity index (χ2v) is 8.19. The van der Waals surface area contributed by atoms with Crippen LogP contribution in [0.2, 0.25) is 0 Å². The van der Waals surface area contributed by atoms with Crippen LogP contribution in [0.3, 0.4) is 0 Å². The summed E-state index contributed by atoms with van der Waals surface area (Å²) in [5.41, 5.74) is 4.87. The minimum atomic E-state index is -0.0964. The van der Waals surface area contributed by atoms with E-state index in [9.17, 15) is 0 Å². The Morgan fingerprint density at radius 2 is 1.54 bits per heavy atom. The highest BCUT2D eigenvalue weighted by Gasteiger charge is 2.26. The average molecular weight is 366 g/mol. The minimum Gasteiger partial charge on any atom is -0.335 e. The van der Waals surface area contributed by atoms with Gasteiger partial charge in [-0.05, 0) is 22.9 Å². The summed E-state index contributed by atoms with van der Waals surface area (Å²) in [6.07, 6.45) is 0. The summed E-state index contributed by atoms with van der Waals surface area (Å²) in [7, 11) is 0. The van der Waals surface area contributed by atoms with E-state index in [-0.39, 0.29) is 5.41 Å². The Bertz CT molecular complexity index is 1290. The Balaban J connectivity index is 1.76. The number of nitrogens with one attached hydrogen (secondary N) is 1. The van der Waals surface area contributed by atoms with Gasteiger partial charge in [0.2, 0.25) is 0 Å². The summed E-state index contributed by atoms with van der Waals surface area (Å²) < 4.78 is 1.96. The molecule has 4 heteroatoms. The first-order valence-electron chi connectivity index (χ1n) is 9.54. The monoisotopic (exact) mass is 366 g/mol. The van der Waals surface area contributed by atoms with Crippen molar-refractivity contribution in [3.05, 3.63) is 78.5 Å². The molecule has 0 bridgehead atoms. The van der Waals surface area contributed by atoms with Gasteiger partial charge in [-0.3, -0.25) is 0 Å². The molecule has 0 spiro atoms. The lowest BCUT2D eigenvalue weighted by atomic mass is 9.92. The van der Waals surface area contributed by atoms with Gasteiger partial charge in [-0.2, -0.15) is 5.10 Å². The summed E-state index contributed by atoms with van der Waals surface area (Å²) in [4.78, 5) is 8.44. The van der Waals surface area contributed by atoms with Gasteiger partial charge >= 0.3 is 0 Å². The Hall–Kier alpha value is -3.40. The Morgan fingerprint density at radius 3 is 2.29 bits per heavy atom. The molecule has 5 aromatic rings. The highest BCUT2D eigenvalue weighted by atomic mass is 15.3. The third-order valence-electron chi connectivity index (χ3n) is 5.06. The second-order valence-electron chi connectivity index (χ2n) is 8.19. The van der Waals surface area contributed by atoms with E-state index in [4.69, 9.17) is 10.1 Å². The summed E-state index contributed by atoms with van der Waals surface area (Å²) in [6.45, 7) is 6.55. The van der Waals surface area contributed by atoms with Gasteiger partial charge in [-0.15, -0.1) is 0 Å². The maximum atomic E-state index is 4.96. The van der Waals surface area contributed by atoms with Gasteiger partial charge in [0.1, 0.15) is 11.3 Å². The molecule has 0 radical (unpaired) electrons. The fourth-order valence-corrected chi connectivity index (χ4v) is 3.63. The molecule has 0 aliphatic carbocycles. The van der Waals surface area contributed by atoms with Gasteiger partial charge in [0.05, 0.1) is 11.4 Å². The number of rotatable bonds is 2. The van der Waals surface area contributed by atoms with Crippen LogP contribution in [0.5, 0.6) is 0 Å². The Labute approximate surface area is 163 Å². The lowest BCUT2D eigenvalue weighted by Gasteiger charge is -2.15. The van der Waals surface area contributed by atoms with Gasteiger partial charge in [0.15, 0.2) is 5.65 Å². The quantitative estimate of drug-likeness (QED) is 0.425. The van der Waals surface area contributed by atoms with Crippen molar-refractivity contribution in [1.82, 2.24) is 19.7 Å². The SMILES string of the molecule is CC(C)(C)c1nn(-c2ccc3ccccc3c2)c2nc(-c3ccccc3)[nH]c12. The van der Waals surface area contributed by atoms with Crippen LogP contribution in [-0.4, -0.2) is 19.7 Å². The van der Waals surface area contributed by atoms with E-state index >= 15 is 0 Å². The Morgan fingerprint density at radius 1 is 0.821 bits per heavy atom. The van der Waals surface area contributed by atoms with Crippen LogP contribution in [0.25, 0.3) is 39.0 Å². The standard InChI is InChI=1S/C24H22N4/c1-24(2,3)21-20-23(26-22(25-20)17-10-5-4-6-11-17)28(27-21)19-14-13-16-9-7-8-12-18(16)15-19/h4-15H,1-3H3,(H,25,26). The molecular weight excluding hydrogens is 344 g/mol. The van der Waals surface area contributed by atoms with Crippen LogP contribution in [-0.2, 0) is 5.41 Å². The number of hydrogen-bond acceptors (Lipinski definition) is 2. The predicted octanol–water partition coefficient (Wildman–Crippen LogP) is 5.87. The zero-order valence-electron chi connectivity index (χ0n) is 16.3. The third kappa shape index (κ3) is 2.69. The molecule has 0 aliphatic rings. The number of fused-ring (bicyclic) bond motifs is 2. The van der Waals surface area contributed by atoms with Crippen molar-refractivity contribution in [2.24, 2.45) is 0 Å². The van der Waals surface area contributed by atoms with Crippen molar-refractivity contribution in [3.8, 4) is 17.1 Å². The molecule has 3 aromatic carbocycles. The molecule has 2 heterocycles. The summed E-state index contributed by atoms with van der Waals surface area (Å²) >= 11 is 0. The first-order chi connectivity index (χ1) is 13.5. The van der Waals surface area contributed by atoms with Gasteiger partial charge in [0, 0.05) is 11.0 Å². The zero-order valence-corrected chi connectivity index (χ0v) is 16.3. The first-order valence-corrected chi connectivity index (χ1v) is 9.54. The lowest BCUT2D eigenvalue weighted by Crippen LogP contribution is -2.13. The van der Waals surface area contributed by atoms with Crippen molar-refractivity contribution >= 4 is 21.9 Å².